The van der Waals surface area contributed by atoms with Crippen LogP contribution < -0.4 is 0 Å². The number of hydrogen-bond donors (Lipinski definition) is 1. The van der Waals surface area contributed by atoms with Gasteiger partial charge in [-0.3, -0.25) is 0 Å². The van der Waals surface area contributed by atoms with Crippen LogP contribution in [0.2, 0.25) is 0 Å². The molecule has 4 aromatic rings. The Morgan fingerprint density at radius 1 is 0.524 bits per heavy atom. The lowest BCUT2D eigenvalue weighted by Gasteiger charge is -2.11. The lowest BCUT2D eigenvalue weighted by Crippen LogP contribution is -1.84. The summed E-state index contributed by atoms with van der Waals surface area (Å²) in [6, 6.07) is 26.5. The van der Waals surface area contributed by atoms with Gasteiger partial charge in [-0.05, 0) is 44.8 Å². The van der Waals surface area contributed by atoms with Crippen LogP contribution in [0.15, 0.2) is 78.9 Å². The number of rotatable bonds is 1. The molecule has 0 aliphatic heterocycles. The van der Waals surface area contributed by atoms with E-state index in [2.05, 4.69) is 42.5 Å². The molecular formula is C20H14O. The fraction of sp³-hybridized carbons (Fsp3) is 0. The van der Waals surface area contributed by atoms with Crippen molar-refractivity contribution in [1.82, 2.24) is 0 Å². The van der Waals surface area contributed by atoms with Crippen molar-refractivity contribution in [1.29, 1.82) is 0 Å². The topological polar surface area (TPSA) is 20.2 Å². The number of benzene rings is 4. The second kappa shape index (κ2) is 4.64. The van der Waals surface area contributed by atoms with Gasteiger partial charge in [0.15, 0.2) is 0 Å². The second-order valence-corrected chi connectivity index (χ2v) is 5.24. The molecule has 0 radical (unpaired) electrons. The summed E-state index contributed by atoms with van der Waals surface area (Å²) in [5.74, 6) is 0.302. The van der Waals surface area contributed by atoms with Crippen LogP contribution in [0.3, 0.4) is 0 Å². The number of fused-ring (bicyclic) bond motifs is 2. The van der Waals surface area contributed by atoms with Crippen molar-refractivity contribution >= 4 is 21.5 Å². The zero-order valence-corrected chi connectivity index (χ0v) is 11.5. The first kappa shape index (κ1) is 12.0. The molecule has 0 bridgehead atoms. The van der Waals surface area contributed by atoms with Gasteiger partial charge in [0.2, 0.25) is 0 Å². The van der Waals surface area contributed by atoms with Gasteiger partial charge >= 0.3 is 0 Å². The maximum atomic E-state index is 10.0. The van der Waals surface area contributed by atoms with E-state index >= 15 is 0 Å². The van der Waals surface area contributed by atoms with Crippen LogP contribution in [-0.2, 0) is 0 Å². The summed E-state index contributed by atoms with van der Waals surface area (Å²) >= 11 is 0. The summed E-state index contributed by atoms with van der Waals surface area (Å²) < 4.78 is 0. The Kier molecular flexibility index (Phi) is 2.65. The van der Waals surface area contributed by atoms with E-state index in [1.807, 2.05) is 36.4 Å². The van der Waals surface area contributed by atoms with Crippen molar-refractivity contribution in [2.45, 2.75) is 0 Å². The third-order valence-electron chi connectivity index (χ3n) is 3.93. The van der Waals surface area contributed by atoms with Gasteiger partial charge < -0.3 is 5.11 Å². The molecule has 0 unspecified atom stereocenters. The molecule has 100 valence electrons. The predicted octanol–water partition coefficient (Wildman–Crippen LogP) is 5.37. The van der Waals surface area contributed by atoms with E-state index in [0.29, 0.717) is 5.75 Å². The van der Waals surface area contributed by atoms with E-state index in [1.165, 1.54) is 10.8 Å². The molecule has 0 aliphatic rings. The van der Waals surface area contributed by atoms with Crippen molar-refractivity contribution in [3.63, 3.8) is 0 Å². The Hall–Kier alpha value is -2.80. The van der Waals surface area contributed by atoms with Crippen LogP contribution >= 0.6 is 0 Å². The summed E-state index contributed by atoms with van der Waals surface area (Å²) in [4.78, 5) is 0. The average Bonchev–Trinajstić information content (AvgIpc) is 2.53. The molecule has 0 amide bonds. The van der Waals surface area contributed by atoms with Gasteiger partial charge in [0.05, 0.1) is 0 Å². The zero-order valence-electron chi connectivity index (χ0n) is 11.5. The molecule has 0 atom stereocenters. The highest BCUT2D eigenvalue weighted by Gasteiger charge is 2.08. The molecular weight excluding hydrogens is 256 g/mol. The van der Waals surface area contributed by atoms with Crippen LogP contribution in [-0.4, -0.2) is 5.11 Å². The van der Waals surface area contributed by atoms with Gasteiger partial charge in [0.1, 0.15) is 5.75 Å². The standard InChI is InChI=1S/C20H14O/c21-16-12-15-7-2-4-10-18(15)20(13-16)19-11-5-8-14-6-1-3-9-17(14)19/h1-13,21H. The maximum Gasteiger partial charge on any atom is 0.116 e. The van der Waals surface area contributed by atoms with E-state index < -0.39 is 0 Å². The minimum absolute atomic E-state index is 0.302. The van der Waals surface area contributed by atoms with Crippen molar-refractivity contribution in [2.24, 2.45) is 0 Å². The van der Waals surface area contributed by atoms with Crippen LogP contribution in [0, 0.1) is 0 Å². The van der Waals surface area contributed by atoms with Crippen molar-refractivity contribution < 1.29 is 5.11 Å². The average molecular weight is 270 g/mol. The molecule has 4 aromatic carbocycles. The molecule has 1 heteroatoms. The summed E-state index contributed by atoms with van der Waals surface area (Å²) in [6.45, 7) is 0. The summed E-state index contributed by atoms with van der Waals surface area (Å²) in [6.07, 6.45) is 0. The van der Waals surface area contributed by atoms with E-state index in [-0.39, 0.29) is 0 Å². The number of phenolic OH excluding ortho intramolecular Hbond substituents is 1. The third kappa shape index (κ3) is 1.95. The molecule has 4 rings (SSSR count). The molecule has 0 aliphatic carbocycles. The highest BCUT2D eigenvalue weighted by molar-refractivity contribution is 6.05. The Labute approximate surface area is 123 Å². The second-order valence-electron chi connectivity index (χ2n) is 5.24. The molecule has 0 aromatic heterocycles. The van der Waals surface area contributed by atoms with Crippen molar-refractivity contribution in [3.8, 4) is 16.9 Å². The van der Waals surface area contributed by atoms with Gasteiger partial charge in [-0.25, -0.2) is 0 Å². The number of hydrogen-bond acceptors (Lipinski definition) is 1. The summed E-state index contributed by atoms with van der Waals surface area (Å²) in [7, 11) is 0. The van der Waals surface area contributed by atoms with Crippen LogP contribution in [0.1, 0.15) is 0 Å². The third-order valence-corrected chi connectivity index (χ3v) is 3.93. The van der Waals surface area contributed by atoms with Crippen LogP contribution in [0.5, 0.6) is 5.75 Å². The smallest absolute Gasteiger partial charge is 0.116 e. The fourth-order valence-corrected chi connectivity index (χ4v) is 2.98. The number of aromatic hydroxyl groups is 1. The highest BCUT2D eigenvalue weighted by Crippen LogP contribution is 2.36. The van der Waals surface area contributed by atoms with Gasteiger partial charge in [-0.15, -0.1) is 0 Å². The van der Waals surface area contributed by atoms with E-state index in [4.69, 9.17) is 0 Å². The molecule has 0 saturated heterocycles. The lowest BCUT2D eigenvalue weighted by molar-refractivity contribution is 0.476. The molecule has 21 heavy (non-hydrogen) atoms. The zero-order chi connectivity index (χ0) is 14.2. The van der Waals surface area contributed by atoms with Crippen LogP contribution in [0.25, 0.3) is 32.7 Å². The molecule has 0 fully saturated rings. The molecule has 0 spiro atoms. The quantitative estimate of drug-likeness (QED) is 0.493. The highest BCUT2D eigenvalue weighted by atomic mass is 16.3. The SMILES string of the molecule is Oc1cc(-c2cccc3ccccc23)c2ccccc2c1. The Morgan fingerprint density at radius 2 is 1.14 bits per heavy atom. The molecule has 0 saturated carbocycles. The monoisotopic (exact) mass is 270 g/mol. The summed E-state index contributed by atoms with van der Waals surface area (Å²) in [5, 5.41) is 14.7. The number of phenols is 1. The fourth-order valence-electron chi connectivity index (χ4n) is 2.98. The first-order valence-corrected chi connectivity index (χ1v) is 7.03. The lowest BCUT2D eigenvalue weighted by atomic mass is 9.94. The first-order valence-electron chi connectivity index (χ1n) is 7.03. The summed E-state index contributed by atoms with van der Waals surface area (Å²) in [5.41, 5.74) is 2.22. The van der Waals surface area contributed by atoms with Gasteiger partial charge in [-0.2, -0.15) is 0 Å². The van der Waals surface area contributed by atoms with E-state index in [9.17, 15) is 5.11 Å². The Morgan fingerprint density at radius 3 is 1.95 bits per heavy atom. The van der Waals surface area contributed by atoms with Gasteiger partial charge in [0.25, 0.3) is 0 Å². The minimum atomic E-state index is 0.302. The first-order chi connectivity index (χ1) is 10.3. The van der Waals surface area contributed by atoms with Crippen molar-refractivity contribution in [3.05, 3.63) is 78.9 Å². The largest absolute Gasteiger partial charge is 0.508 e. The Bertz CT molecular complexity index is 949. The van der Waals surface area contributed by atoms with Gasteiger partial charge in [-0.1, -0.05) is 66.7 Å². The molecule has 1 nitrogen and oxygen atoms in total. The normalized spacial score (nSPS) is 11.0. The van der Waals surface area contributed by atoms with Gasteiger partial charge in [0, 0.05) is 0 Å². The molecule has 0 heterocycles. The maximum absolute atomic E-state index is 10.0. The van der Waals surface area contributed by atoms with E-state index in [0.717, 1.165) is 21.9 Å². The molecule has 1 N–H and O–H groups in total. The van der Waals surface area contributed by atoms with E-state index in [1.54, 1.807) is 0 Å². The minimum Gasteiger partial charge on any atom is -0.508 e. The van der Waals surface area contributed by atoms with Crippen LogP contribution in [0.4, 0.5) is 0 Å². The van der Waals surface area contributed by atoms with Crippen molar-refractivity contribution in [2.75, 3.05) is 0 Å². The predicted molar refractivity (Wildman–Crippen MR) is 88.6 cm³/mol. The Balaban J connectivity index is 2.14.